The number of nitro groups is 1. The summed E-state index contributed by atoms with van der Waals surface area (Å²) in [4.78, 5) is 28.7. The largest absolute Gasteiger partial charge is 0.378 e. The Morgan fingerprint density at radius 1 is 1.37 bits per heavy atom. The third kappa shape index (κ3) is 4.53. The van der Waals surface area contributed by atoms with Gasteiger partial charge in [0.2, 0.25) is 0 Å². The van der Waals surface area contributed by atoms with Gasteiger partial charge in [0.1, 0.15) is 5.69 Å². The Balaban J connectivity index is 1.87. The molecule has 1 fully saturated rings. The molecule has 1 saturated heterocycles. The Morgan fingerprint density at radius 3 is 2.78 bits per heavy atom. The summed E-state index contributed by atoms with van der Waals surface area (Å²) < 4.78 is 5.31. The summed E-state index contributed by atoms with van der Waals surface area (Å²) in [6.07, 6.45) is 1.65. The fourth-order valence-corrected chi connectivity index (χ4v) is 3.74. The number of morpholine rings is 1. The molecule has 2 aromatic rings. The maximum atomic E-state index is 13.0. The van der Waals surface area contributed by atoms with Crippen molar-refractivity contribution in [3.63, 3.8) is 0 Å². The second kappa shape index (κ2) is 8.79. The van der Waals surface area contributed by atoms with Gasteiger partial charge in [0.05, 0.1) is 24.7 Å². The van der Waals surface area contributed by atoms with Crippen molar-refractivity contribution in [2.24, 2.45) is 0 Å². The van der Waals surface area contributed by atoms with Crippen LogP contribution in [0, 0.1) is 10.1 Å². The highest BCUT2D eigenvalue weighted by molar-refractivity contribution is 7.09. The summed E-state index contributed by atoms with van der Waals surface area (Å²) in [6.45, 7) is 6.78. The van der Waals surface area contributed by atoms with Crippen LogP contribution >= 0.6 is 11.3 Å². The van der Waals surface area contributed by atoms with Gasteiger partial charge in [0, 0.05) is 36.1 Å². The molecule has 3 rings (SSSR count). The lowest BCUT2D eigenvalue weighted by molar-refractivity contribution is -0.384. The van der Waals surface area contributed by atoms with Crippen molar-refractivity contribution in [1.29, 1.82) is 0 Å². The maximum Gasteiger partial charge on any atom is 0.293 e. The molecule has 1 aliphatic rings. The number of nitro benzene ring substituents is 1. The molecule has 1 amide bonds. The standard InChI is InChI=1S/C19H21N3O4S/c1-2-7-21(14-16-4-3-12-27-16)19(23)15-5-6-17(18(13-15)22(24)25)20-8-10-26-11-9-20/h2-6,12-13H,1,7-11,14H2. The summed E-state index contributed by atoms with van der Waals surface area (Å²) in [6, 6.07) is 8.58. The molecule has 2 heterocycles. The zero-order valence-corrected chi connectivity index (χ0v) is 15.7. The lowest BCUT2D eigenvalue weighted by atomic mass is 10.1. The fourth-order valence-electron chi connectivity index (χ4n) is 3.02. The minimum atomic E-state index is -0.432. The van der Waals surface area contributed by atoms with Gasteiger partial charge < -0.3 is 14.5 Å². The smallest absolute Gasteiger partial charge is 0.293 e. The van der Waals surface area contributed by atoms with Gasteiger partial charge in [-0.1, -0.05) is 12.1 Å². The predicted molar refractivity (Wildman–Crippen MR) is 105 cm³/mol. The zero-order chi connectivity index (χ0) is 19.2. The molecule has 0 aliphatic carbocycles. The van der Waals surface area contributed by atoms with Gasteiger partial charge in [-0.15, -0.1) is 17.9 Å². The quantitative estimate of drug-likeness (QED) is 0.414. The maximum absolute atomic E-state index is 13.0. The summed E-state index contributed by atoms with van der Waals surface area (Å²) >= 11 is 1.56. The van der Waals surface area contributed by atoms with Crippen molar-refractivity contribution in [3.05, 3.63) is 68.9 Å². The molecule has 0 unspecified atom stereocenters. The molecule has 1 aromatic heterocycles. The van der Waals surface area contributed by atoms with Crippen LogP contribution in [0.4, 0.5) is 11.4 Å². The van der Waals surface area contributed by atoms with E-state index in [1.54, 1.807) is 34.4 Å². The topological polar surface area (TPSA) is 75.9 Å². The van der Waals surface area contributed by atoms with Gasteiger partial charge in [-0.2, -0.15) is 0 Å². The molecular weight excluding hydrogens is 366 g/mol. The van der Waals surface area contributed by atoms with Gasteiger partial charge >= 0.3 is 0 Å². The number of hydrogen-bond donors (Lipinski definition) is 0. The first-order chi connectivity index (χ1) is 13.1. The van der Waals surface area contributed by atoms with Crippen LogP contribution in [-0.2, 0) is 11.3 Å². The molecule has 1 aromatic carbocycles. The Kier molecular flexibility index (Phi) is 6.20. The van der Waals surface area contributed by atoms with E-state index in [4.69, 9.17) is 4.74 Å². The Bertz CT molecular complexity index is 816. The molecule has 0 spiro atoms. The van der Waals surface area contributed by atoms with E-state index in [-0.39, 0.29) is 11.6 Å². The first-order valence-corrected chi connectivity index (χ1v) is 9.52. The van der Waals surface area contributed by atoms with Crippen LogP contribution in [0.3, 0.4) is 0 Å². The molecule has 1 aliphatic heterocycles. The van der Waals surface area contributed by atoms with Crippen molar-refractivity contribution in [2.75, 3.05) is 37.7 Å². The van der Waals surface area contributed by atoms with E-state index in [9.17, 15) is 14.9 Å². The van der Waals surface area contributed by atoms with Gasteiger partial charge in [0.15, 0.2) is 0 Å². The van der Waals surface area contributed by atoms with Crippen LogP contribution in [0.25, 0.3) is 0 Å². The molecule has 8 heteroatoms. The fraction of sp³-hybridized carbons (Fsp3) is 0.316. The van der Waals surface area contributed by atoms with Crippen molar-refractivity contribution in [3.8, 4) is 0 Å². The number of nitrogens with zero attached hydrogens (tertiary/aromatic N) is 3. The van der Waals surface area contributed by atoms with Crippen LogP contribution in [0.2, 0.25) is 0 Å². The van der Waals surface area contributed by atoms with Crippen molar-refractivity contribution < 1.29 is 14.5 Å². The van der Waals surface area contributed by atoms with E-state index in [1.165, 1.54) is 6.07 Å². The Hall–Kier alpha value is -2.71. The van der Waals surface area contributed by atoms with Crippen LogP contribution in [0.1, 0.15) is 15.2 Å². The number of carbonyl (C=O) groups is 1. The molecule has 0 N–H and O–H groups in total. The van der Waals surface area contributed by atoms with Gasteiger partial charge in [0.25, 0.3) is 11.6 Å². The molecule has 27 heavy (non-hydrogen) atoms. The van der Waals surface area contributed by atoms with Crippen LogP contribution < -0.4 is 4.90 Å². The number of benzene rings is 1. The van der Waals surface area contributed by atoms with Gasteiger partial charge in [-0.05, 0) is 23.6 Å². The third-order valence-corrected chi connectivity index (χ3v) is 5.20. The molecule has 0 bridgehead atoms. The highest BCUT2D eigenvalue weighted by atomic mass is 32.1. The Morgan fingerprint density at radius 2 is 2.15 bits per heavy atom. The van der Waals surface area contributed by atoms with E-state index >= 15 is 0 Å². The molecular formula is C19H21N3O4S. The number of thiophene rings is 1. The van der Waals surface area contributed by atoms with E-state index in [0.717, 1.165) is 4.88 Å². The number of hydrogen-bond acceptors (Lipinski definition) is 6. The number of anilines is 1. The first-order valence-electron chi connectivity index (χ1n) is 8.64. The summed E-state index contributed by atoms with van der Waals surface area (Å²) in [5, 5.41) is 13.6. The lowest BCUT2D eigenvalue weighted by Crippen LogP contribution is -2.36. The van der Waals surface area contributed by atoms with Crippen LogP contribution in [-0.4, -0.2) is 48.6 Å². The highest BCUT2D eigenvalue weighted by Gasteiger charge is 2.25. The SMILES string of the molecule is C=CCN(Cc1cccs1)C(=O)c1ccc(N2CCOCC2)c([N+](=O)[O-])c1. The monoisotopic (exact) mass is 387 g/mol. The average Bonchev–Trinajstić information content (AvgIpc) is 3.20. The van der Waals surface area contributed by atoms with E-state index < -0.39 is 4.92 Å². The van der Waals surface area contributed by atoms with Crippen molar-refractivity contribution in [1.82, 2.24) is 4.90 Å². The lowest BCUT2D eigenvalue weighted by Gasteiger charge is -2.28. The number of ether oxygens (including phenoxy) is 1. The molecule has 0 radical (unpaired) electrons. The van der Waals surface area contributed by atoms with Crippen molar-refractivity contribution >= 4 is 28.6 Å². The minimum Gasteiger partial charge on any atom is -0.378 e. The first kappa shape index (κ1) is 19.1. The molecule has 0 atom stereocenters. The second-order valence-corrected chi connectivity index (χ2v) is 7.15. The zero-order valence-electron chi connectivity index (χ0n) is 14.9. The summed E-state index contributed by atoms with van der Waals surface area (Å²) in [5.41, 5.74) is 0.767. The third-order valence-electron chi connectivity index (χ3n) is 4.33. The predicted octanol–water partition coefficient (Wildman–Crippen LogP) is 3.32. The van der Waals surface area contributed by atoms with Crippen LogP contribution in [0.5, 0.6) is 0 Å². The average molecular weight is 387 g/mol. The van der Waals surface area contributed by atoms with E-state index in [0.29, 0.717) is 50.6 Å². The van der Waals surface area contributed by atoms with Crippen LogP contribution in [0.15, 0.2) is 48.4 Å². The van der Waals surface area contributed by atoms with Crippen molar-refractivity contribution in [2.45, 2.75) is 6.54 Å². The normalized spacial score (nSPS) is 14.0. The summed E-state index contributed by atoms with van der Waals surface area (Å²) in [7, 11) is 0. The number of carbonyl (C=O) groups excluding carboxylic acids is 1. The van der Waals surface area contributed by atoms with Gasteiger partial charge in [-0.25, -0.2) is 0 Å². The van der Waals surface area contributed by atoms with E-state index in [2.05, 4.69) is 6.58 Å². The van der Waals surface area contributed by atoms with Gasteiger partial charge in [-0.3, -0.25) is 14.9 Å². The molecule has 7 nitrogen and oxygen atoms in total. The summed E-state index contributed by atoms with van der Waals surface area (Å²) in [5.74, 6) is -0.250. The molecule has 0 saturated carbocycles. The number of amides is 1. The minimum absolute atomic E-state index is 0.0579. The second-order valence-electron chi connectivity index (χ2n) is 6.11. The Labute approximate surface area is 161 Å². The molecule has 142 valence electrons. The highest BCUT2D eigenvalue weighted by Crippen LogP contribution is 2.30. The van der Waals surface area contributed by atoms with E-state index in [1.807, 2.05) is 22.4 Å². The number of rotatable bonds is 7.